The van der Waals surface area contributed by atoms with Crippen LogP contribution in [-0.4, -0.2) is 47.2 Å². The van der Waals surface area contributed by atoms with Crippen LogP contribution in [0.15, 0.2) is 36.4 Å². The molecular formula is C25H29N3O3. The van der Waals surface area contributed by atoms with Gasteiger partial charge in [-0.3, -0.25) is 9.69 Å². The molecule has 31 heavy (non-hydrogen) atoms. The third-order valence-corrected chi connectivity index (χ3v) is 6.31. The van der Waals surface area contributed by atoms with Gasteiger partial charge in [-0.25, -0.2) is 0 Å². The molecule has 1 fully saturated rings. The molecular weight excluding hydrogens is 390 g/mol. The lowest BCUT2D eigenvalue weighted by molar-refractivity contribution is 0.0966. The standard InChI is InChI=1S/C25H29N3O3/c29-11-4-12-31-23-8-6-19(24-20(23)15-26-25(24)30)22-14-18-13-17(5-7-21(18)27-22)16-28-9-2-1-3-10-28/h5-8,13-14,27,29H,1-4,9-12,15-16H2,(H,26,30). The van der Waals surface area contributed by atoms with Crippen molar-refractivity contribution in [1.82, 2.24) is 15.2 Å². The first-order valence-electron chi connectivity index (χ1n) is 11.2. The molecule has 0 atom stereocenters. The summed E-state index contributed by atoms with van der Waals surface area (Å²) < 4.78 is 5.81. The minimum Gasteiger partial charge on any atom is -0.493 e. The smallest absolute Gasteiger partial charge is 0.252 e. The molecule has 3 aromatic rings. The van der Waals surface area contributed by atoms with E-state index in [-0.39, 0.29) is 12.5 Å². The zero-order chi connectivity index (χ0) is 21.2. The van der Waals surface area contributed by atoms with Gasteiger partial charge in [0.2, 0.25) is 0 Å². The van der Waals surface area contributed by atoms with Gasteiger partial charge in [0.05, 0.1) is 12.2 Å². The summed E-state index contributed by atoms with van der Waals surface area (Å²) in [7, 11) is 0. The number of likely N-dealkylation sites (tertiary alicyclic amines) is 1. The van der Waals surface area contributed by atoms with Crippen LogP contribution in [0.25, 0.3) is 22.2 Å². The monoisotopic (exact) mass is 419 g/mol. The van der Waals surface area contributed by atoms with Crippen molar-refractivity contribution in [2.24, 2.45) is 0 Å². The first-order valence-corrected chi connectivity index (χ1v) is 11.2. The Balaban J connectivity index is 1.45. The second kappa shape index (κ2) is 8.73. The van der Waals surface area contributed by atoms with Gasteiger partial charge in [-0.05, 0) is 61.8 Å². The molecule has 0 spiro atoms. The molecule has 0 bridgehead atoms. The lowest BCUT2D eigenvalue weighted by Gasteiger charge is -2.26. The van der Waals surface area contributed by atoms with E-state index in [0.717, 1.165) is 28.9 Å². The molecule has 6 nitrogen and oxygen atoms in total. The van der Waals surface area contributed by atoms with Crippen molar-refractivity contribution in [2.75, 3.05) is 26.3 Å². The Morgan fingerprint density at radius 1 is 1.06 bits per heavy atom. The van der Waals surface area contributed by atoms with E-state index in [0.29, 0.717) is 30.9 Å². The number of nitrogens with zero attached hydrogens (tertiary/aromatic N) is 1. The highest BCUT2D eigenvalue weighted by molar-refractivity contribution is 6.05. The summed E-state index contributed by atoms with van der Waals surface area (Å²) in [6.45, 7) is 4.36. The lowest BCUT2D eigenvalue weighted by Crippen LogP contribution is -2.28. The van der Waals surface area contributed by atoms with Gasteiger partial charge in [0.25, 0.3) is 5.91 Å². The predicted molar refractivity (Wildman–Crippen MR) is 121 cm³/mol. The second-order valence-electron chi connectivity index (χ2n) is 8.51. The normalized spacial score (nSPS) is 16.5. The highest BCUT2D eigenvalue weighted by Gasteiger charge is 2.27. The molecule has 1 aromatic heterocycles. The molecule has 3 heterocycles. The van der Waals surface area contributed by atoms with Crippen LogP contribution in [0, 0.1) is 0 Å². The van der Waals surface area contributed by atoms with E-state index in [1.807, 2.05) is 12.1 Å². The summed E-state index contributed by atoms with van der Waals surface area (Å²) in [4.78, 5) is 18.6. The molecule has 0 radical (unpaired) electrons. The van der Waals surface area contributed by atoms with Crippen molar-refractivity contribution in [3.63, 3.8) is 0 Å². The number of fused-ring (bicyclic) bond motifs is 2. The topological polar surface area (TPSA) is 77.6 Å². The van der Waals surface area contributed by atoms with Gasteiger partial charge < -0.3 is 20.1 Å². The van der Waals surface area contributed by atoms with Crippen molar-refractivity contribution in [3.8, 4) is 17.0 Å². The highest BCUT2D eigenvalue weighted by Crippen LogP contribution is 2.36. The number of aliphatic hydroxyl groups is 1. The fourth-order valence-corrected chi connectivity index (χ4v) is 4.73. The second-order valence-corrected chi connectivity index (χ2v) is 8.51. The first-order chi connectivity index (χ1) is 15.2. The largest absolute Gasteiger partial charge is 0.493 e. The molecule has 1 saturated heterocycles. The number of H-pyrrole nitrogens is 1. The maximum absolute atomic E-state index is 12.6. The number of aromatic nitrogens is 1. The number of nitrogens with one attached hydrogen (secondary N) is 2. The Kier molecular flexibility index (Phi) is 5.66. The Labute approximate surface area is 182 Å². The Morgan fingerprint density at radius 2 is 1.94 bits per heavy atom. The van der Waals surface area contributed by atoms with Gasteiger partial charge in [-0.1, -0.05) is 12.5 Å². The molecule has 5 rings (SSSR count). The summed E-state index contributed by atoms with van der Waals surface area (Å²) in [6.07, 6.45) is 4.51. The Morgan fingerprint density at radius 3 is 2.77 bits per heavy atom. The van der Waals surface area contributed by atoms with Crippen LogP contribution in [0.4, 0.5) is 0 Å². The number of carbonyl (C=O) groups excluding carboxylic acids is 1. The molecule has 1 amide bonds. The van der Waals surface area contributed by atoms with Crippen LogP contribution >= 0.6 is 0 Å². The molecule has 0 aliphatic carbocycles. The number of rotatable bonds is 7. The fourth-order valence-electron chi connectivity index (χ4n) is 4.73. The maximum atomic E-state index is 12.6. The van der Waals surface area contributed by atoms with E-state index in [9.17, 15) is 4.79 Å². The molecule has 162 valence electrons. The van der Waals surface area contributed by atoms with Crippen LogP contribution in [0.1, 0.15) is 47.2 Å². The van der Waals surface area contributed by atoms with Gasteiger partial charge in [-0.2, -0.15) is 0 Å². The number of hydrogen-bond donors (Lipinski definition) is 3. The van der Waals surface area contributed by atoms with Crippen LogP contribution < -0.4 is 10.1 Å². The molecule has 2 aliphatic heterocycles. The zero-order valence-electron chi connectivity index (χ0n) is 17.7. The third-order valence-electron chi connectivity index (χ3n) is 6.31. The van der Waals surface area contributed by atoms with Gasteiger partial charge in [0.1, 0.15) is 5.75 Å². The van der Waals surface area contributed by atoms with Crippen LogP contribution in [0.3, 0.4) is 0 Å². The number of carbonyl (C=O) groups is 1. The number of benzene rings is 2. The number of amides is 1. The van der Waals surface area contributed by atoms with Crippen molar-refractivity contribution in [1.29, 1.82) is 0 Å². The average molecular weight is 420 g/mol. The van der Waals surface area contributed by atoms with Crippen molar-refractivity contribution >= 4 is 16.8 Å². The van der Waals surface area contributed by atoms with E-state index in [4.69, 9.17) is 9.84 Å². The lowest BCUT2D eigenvalue weighted by atomic mass is 9.99. The maximum Gasteiger partial charge on any atom is 0.252 e. The summed E-state index contributed by atoms with van der Waals surface area (Å²) >= 11 is 0. The SMILES string of the molecule is O=C1NCc2c(OCCCO)ccc(-c3cc4cc(CN5CCCCC5)ccc4[nH]3)c21. The predicted octanol–water partition coefficient (Wildman–Crippen LogP) is 3.83. The highest BCUT2D eigenvalue weighted by atomic mass is 16.5. The Bertz CT molecular complexity index is 1100. The van der Waals surface area contributed by atoms with E-state index in [2.05, 4.69) is 39.5 Å². The number of piperidine rings is 1. The molecule has 0 saturated carbocycles. The molecule has 3 N–H and O–H groups in total. The van der Waals surface area contributed by atoms with Gasteiger partial charge in [0, 0.05) is 53.8 Å². The first kappa shape index (κ1) is 20.1. The van der Waals surface area contributed by atoms with E-state index in [1.165, 1.54) is 43.3 Å². The molecule has 2 aromatic carbocycles. The summed E-state index contributed by atoms with van der Waals surface area (Å²) in [5.41, 5.74) is 5.82. The van der Waals surface area contributed by atoms with Gasteiger partial charge in [0.15, 0.2) is 0 Å². The van der Waals surface area contributed by atoms with E-state index >= 15 is 0 Å². The van der Waals surface area contributed by atoms with Crippen LogP contribution in [0.2, 0.25) is 0 Å². The average Bonchev–Trinajstić information content (AvgIpc) is 3.39. The minimum absolute atomic E-state index is 0.0675. The molecule has 2 aliphatic rings. The number of hydrogen-bond acceptors (Lipinski definition) is 4. The summed E-state index contributed by atoms with van der Waals surface area (Å²) in [6, 6.07) is 12.6. The van der Waals surface area contributed by atoms with E-state index < -0.39 is 0 Å². The number of aliphatic hydroxyl groups excluding tert-OH is 1. The van der Waals surface area contributed by atoms with Crippen LogP contribution in [-0.2, 0) is 13.1 Å². The Hall–Kier alpha value is -2.83. The third kappa shape index (κ3) is 4.05. The quantitative estimate of drug-likeness (QED) is 0.509. The van der Waals surface area contributed by atoms with Crippen molar-refractivity contribution < 1.29 is 14.6 Å². The molecule has 6 heteroatoms. The van der Waals surface area contributed by atoms with Crippen molar-refractivity contribution in [2.45, 2.75) is 38.8 Å². The van der Waals surface area contributed by atoms with E-state index in [1.54, 1.807) is 0 Å². The summed E-state index contributed by atoms with van der Waals surface area (Å²) in [5, 5.41) is 13.1. The molecule has 0 unspecified atom stereocenters. The van der Waals surface area contributed by atoms with Crippen LogP contribution in [0.5, 0.6) is 5.75 Å². The zero-order valence-corrected chi connectivity index (χ0v) is 17.7. The van der Waals surface area contributed by atoms with Gasteiger partial charge >= 0.3 is 0 Å². The summed E-state index contributed by atoms with van der Waals surface area (Å²) in [5.74, 6) is 0.646. The number of ether oxygens (including phenoxy) is 1. The van der Waals surface area contributed by atoms with Crippen molar-refractivity contribution in [3.05, 3.63) is 53.1 Å². The fraction of sp³-hybridized carbons (Fsp3) is 0.400. The van der Waals surface area contributed by atoms with Gasteiger partial charge in [-0.15, -0.1) is 0 Å². The number of aromatic amines is 1. The minimum atomic E-state index is -0.0675.